The molecule has 0 bridgehead atoms. The summed E-state index contributed by atoms with van der Waals surface area (Å²) in [7, 11) is 0. The van der Waals surface area contributed by atoms with Crippen LogP contribution in [-0.4, -0.2) is 30.0 Å². The van der Waals surface area contributed by atoms with Gasteiger partial charge in [-0.05, 0) is 18.8 Å². The third-order valence-corrected chi connectivity index (χ3v) is 3.09. The molecule has 2 aliphatic rings. The van der Waals surface area contributed by atoms with Gasteiger partial charge in [-0.25, -0.2) is 10.4 Å². The van der Waals surface area contributed by atoms with E-state index in [0.717, 1.165) is 12.5 Å². The van der Waals surface area contributed by atoms with Gasteiger partial charge >= 0.3 is 0 Å². The molecule has 0 radical (unpaired) electrons. The first-order valence-corrected chi connectivity index (χ1v) is 5.61. The highest BCUT2D eigenvalue weighted by Crippen LogP contribution is 2.24. The van der Waals surface area contributed by atoms with E-state index in [1.807, 2.05) is 5.01 Å². The minimum atomic E-state index is -0.561. The summed E-state index contributed by atoms with van der Waals surface area (Å²) in [4.78, 5) is 14.9. The summed E-state index contributed by atoms with van der Waals surface area (Å²) >= 11 is 0. The number of hydrazine groups is 1. The Morgan fingerprint density at radius 2 is 2.20 bits per heavy atom. The van der Waals surface area contributed by atoms with Crippen LogP contribution in [0, 0.1) is 5.92 Å². The average Bonchev–Trinajstić information content (AvgIpc) is 2.68. The van der Waals surface area contributed by atoms with Crippen molar-refractivity contribution in [1.29, 1.82) is 0 Å². The van der Waals surface area contributed by atoms with Gasteiger partial charge in [0, 0.05) is 6.54 Å². The summed E-state index contributed by atoms with van der Waals surface area (Å²) in [5.41, 5.74) is 8.13. The summed E-state index contributed by atoms with van der Waals surface area (Å²) < 4.78 is 0. The van der Waals surface area contributed by atoms with Crippen molar-refractivity contribution in [3.05, 3.63) is 0 Å². The van der Waals surface area contributed by atoms with Crippen LogP contribution in [0.5, 0.6) is 0 Å². The lowest BCUT2D eigenvalue weighted by atomic mass is 9.89. The van der Waals surface area contributed by atoms with Gasteiger partial charge in [0.1, 0.15) is 6.34 Å². The van der Waals surface area contributed by atoms with Crippen molar-refractivity contribution >= 4 is 12.2 Å². The van der Waals surface area contributed by atoms with E-state index in [4.69, 9.17) is 5.73 Å². The van der Waals surface area contributed by atoms with Gasteiger partial charge in [-0.2, -0.15) is 0 Å². The molecule has 0 aromatic rings. The molecule has 1 saturated carbocycles. The van der Waals surface area contributed by atoms with Crippen molar-refractivity contribution < 1.29 is 4.79 Å². The average molecular weight is 210 g/mol. The monoisotopic (exact) mass is 210 g/mol. The van der Waals surface area contributed by atoms with Crippen LogP contribution in [0.25, 0.3) is 0 Å². The highest BCUT2D eigenvalue weighted by atomic mass is 16.1. The summed E-state index contributed by atoms with van der Waals surface area (Å²) in [6.07, 6.45) is 7.71. The van der Waals surface area contributed by atoms with Crippen molar-refractivity contribution in [1.82, 2.24) is 10.4 Å². The number of primary amides is 1. The molecule has 84 valence electrons. The maximum Gasteiger partial charge on any atom is 0.258 e. The summed E-state index contributed by atoms with van der Waals surface area (Å²) in [6.45, 7) is 0.938. The lowest BCUT2D eigenvalue weighted by molar-refractivity contribution is -0.120. The number of rotatable bonds is 3. The lowest BCUT2D eigenvalue weighted by Gasteiger charge is -2.26. The van der Waals surface area contributed by atoms with Crippen LogP contribution in [0.1, 0.15) is 32.1 Å². The fraction of sp³-hybridized carbons (Fsp3) is 0.800. The Balaban J connectivity index is 1.77. The third kappa shape index (κ3) is 2.68. The molecule has 1 fully saturated rings. The van der Waals surface area contributed by atoms with Crippen LogP contribution in [0.15, 0.2) is 4.99 Å². The first kappa shape index (κ1) is 10.4. The van der Waals surface area contributed by atoms with Gasteiger partial charge in [0.2, 0.25) is 0 Å². The minimum Gasteiger partial charge on any atom is -0.367 e. The molecule has 0 aromatic carbocycles. The zero-order valence-corrected chi connectivity index (χ0v) is 8.85. The first-order chi connectivity index (χ1) is 7.25. The highest BCUT2D eigenvalue weighted by Gasteiger charge is 2.23. The van der Waals surface area contributed by atoms with Gasteiger partial charge in [0.15, 0.2) is 6.17 Å². The smallest absolute Gasteiger partial charge is 0.258 e. The molecule has 15 heavy (non-hydrogen) atoms. The second-order valence-electron chi connectivity index (χ2n) is 4.35. The molecule has 1 aliphatic heterocycles. The summed E-state index contributed by atoms with van der Waals surface area (Å²) in [6, 6.07) is 0. The zero-order valence-electron chi connectivity index (χ0n) is 8.85. The molecule has 1 unspecified atom stereocenters. The van der Waals surface area contributed by atoms with E-state index < -0.39 is 12.1 Å². The highest BCUT2D eigenvalue weighted by molar-refractivity contribution is 5.82. The maximum absolute atomic E-state index is 10.9. The van der Waals surface area contributed by atoms with Gasteiger partial charge < -0.3 is 5.73 Å². The Kier molecular flexibility index (Phi) is 3.20. The largest absolute Gasteiger partial charge is 0.367 e. The molecular weight excluding hydrogens is 192 g/mol. The van der Waals surface area contributed by atoms with Crippen LogP contribution < -0.4 is 11.2 Å². The molecule has 1 atom stereocenters. The molecule has 1 amide bonds. The van der Waals surface area contributed by atoms with Gasteiger partial charge in [0.25, 0.3) is 5.91 Å². The van der Waals surface area contributed by atoms with E-state index in [1.54, 1.807) is 6.34 Å². The molecule has 1 aliphatic carbocycles. The molecule has 3 N–H and O–H groups in total. The van der Waals surface area contributed by atoms with Crippen molar-refractivity contribution in [3.63, 3.8) is 0 Å². The Labute approximate surface area is 89.7 Å². The van der Waals surface area contributed by atoms with E-state index in [-0.39, 0.29) is 0 Å². The summed E-state index contributed by atoms with van der Waals surface area (Å²) in [5, 5.41) is 1.89. The van der Waals surface area contributed by atoms with E-state index in [9.17, 15) is 4.79 Å². The van der Waals surface area contributed by atoms with Crippen molar-refractivity contribution in [2.24, 2.45) is 16.6 Å². The SMILES string of the molecule is NC(=O)C1N=CN(CC2CCCCC2)N1. The zero-order chi connectivity index (χ0) is 10.7. The number of nitrogens with one attached hydrogen (secondary N) is 1. The molecule has 5 heteroatoms. The predicted octanol–water partition coefficient (Wildman–Crippen LogP) is 0.227. The molecule has 1 heterocycles. The van der Waals surface area contributed by atoms with Gasteiger partial charge in [0.05, 0.1) is 0 Å². The third-order valence-electron chi connectivity index (χ3n) is 3.09. The second-order valence-corrected chi connectivity index (χ2v) is 4.35. The van der Waals surface area contributed by atoms with Crippen molar-refractivity contribution in [2.75, 3.05) is 6.54 Å². The van der Waals surface area contributed by atoms with Crippen LogP contribution in [-0.2, 0) is 4.79 Å². The van der Waals surface area contributed by atoms with E-state index in [1.165, 1.54) is 32.1 Å². The molecule has 5 nitrogen and oxygen atoms in total. The van der Waals surface area contributed by atoms with Crippen LogP contribution >= 0.6 is 0 Å². The molecular formula is C10H18N4O. The van der Waals surface area contributed by atoms with Gasteiger partial charge in [-0.3, -0.25) is 9.80 Å². The number of nitrogens with zero attached hydrogens (tertiary/aromatic N) is 2. The van der Waals surface area contributed by atoms with Crippen LogP contribution in [0.2, 0.25) is 0 Å². The standard InChI is InChI=1S/C10H18N4O/c11-9(15)10-12-7-14(13-10)6-8-4-2-1-3-5-8/h7-8,10,13H,1-6H2,(H2,11,15). The number of hydrogen-bond donors (Lipinski definition) is 2. The molecule has 0 saturated heterocycles. The Bertz CT molecular complexity index is 260. The quantitative estimate of drug-likeness (QED) is 0.700. The van der Waals surface area contributed by atoms with Gasteiger partial charge in [-0.1, -0.05) is 19.3 Å². The van der Waals surface area contributed by atoms with E-state index in [2.05, 4.69) is 10.4 Å². The van der Waals surface area contributed by atoms with Crippen molar-refractivity contribution in [2.45, 2.75) is 38.3 Å². The van der Waals surface area contributed by atoms with Crippen LogP contribution in [0.4, 0.5) is 0 Å². The fourth-order valence-electron chi connectivity index (χ4n) is 2.26. The second kappa shape index (κ2) is 4.61. The van der Waals surface area contributed by atoms with Crippen molar-refractivity contribution in [3.8, 4) is 0 Å². The normalized spacial score (nSPS) is 27.2. The number of aliphatic imine (C=N–C) groups is 1. The summed E-state index contributed by atoms with van der Waals surface area (Å²) in [5.74, 6) is 0.307. The predicted molar refractivity (Wildman–Crippen MR) is 57.9 cm³/mol. The molecule has 0 spiro atoms. The van der Waals surface area contributed by atoms with Crippen LogP contribution in [0.3, 0.4) is 0 Å². The number of carbonyl (C=O) groups is 1. The van der Waals surface area contributed by atoms with Gasteiger partial charge in [-0.15, -0.1) is 0 Å². The Morgan fingerprint density at radius 3 is 2.80 bits per heavy atom. The number of amides is 1. The van der Waals surface area contributed by atoms with E-state index >= 15 is 0 Å². The minimum absolute atomic E-state index is 0.419. The maximum atomic E-state index is 10.9. The Hall–Kier alpha value is -1.10. The first-order valence-electron chi connectivity index (χ1n) is 5.61. The molecule has 0 aromatic heterocycles. The number of nitrogens with two attached hydrogens (primary N) is 1. The number of carbonyl (C=O) groups excluding carboxylic acids is 1. The lowest BCUT2D eigenvalue weighted by Crippen LogP contribution is -2.45. The molecule has 2 rings (SSSR count). The topological polar surface area (TPSA) is 70.7 Å². The fourth-order valence-corrected chi connectivity index (χ4v) is 2.26. The Morgan fingerprint density at radius 1 is 1.47 bits per heavy atom. The number of hydrogen-bond acceptors (Lipinski definition) is 4. The van der Waals surface area contributed by atoms with E-state index in [0.29, 0.717) is 0 Å².